The van der Waals surface area contributed by atoms with Gasteiger partial charge in [-0.1, -0.05) is 35.9 Å². The molecule has 0 radical (unpaired) electrons. The van der Waals surface area contributed by atoms with Crippen molar-refractivity contribution in [3.63, 3.8) is 0 Å². The summed E-state index contributed by atoms with van der Waals surface area (Å²) in [6.07, 6.45) is 3.10. The van der Waals surface area contributed by atoms with Crippen LogP contribution >= 0.6 is 0 Å². The molecule has 26 heavy (non-hydrogen) atoms. The third kappa shape index (κ3) is 4.87. The zero-order valence-electron chi connectivity index (χ0n) is 15.7. The summed E-state index contributed by atoms with van der Waals surface area (Å²) in [4.78, 5) is 26.0. The van der Waals surface area contributed by atoms with Gasteiger partial charge in [0.15, 0.2) is 0 Å². The van der Waals surface area contributed by atoms with Gasteiger partial charge >= 0.3 is 12.1 Å². The van der Waals surface area contributed by atoms with E-state index in [0.717, 1.165) is 24.0 Å². The molecule has 0 aromatic heterocycles. The first kappa shape index (κ1) is 18.5. The van der Waals surface area contributed by atoms with Gasteiger partial charge in [0.2, 0.25) is 0 Å². The first-order chi connectivity index (χ1) is 12.3. The van der Waals surface area contributed by atoms with Crippen LogP contribution in [0.1, 0.15) is 39.2 Å². The average molecular weight is 357 g/mol. The molecule has 0 N–H and O–H groups in total. The Bertz CT molecular complexity index is 674. The molecule has 2 aliphatic rings. The summed E-state index contributed by atoms with van der Waals surface area (Å²) in [5, 5.41) is 0. The number of allylic oxidation sites excluding steroid dienone is 1. The van der Waals surface area contributed by atoms with Crippen molar-refractivity contribution in [1.29, 1.82) is 0 Å². The van der Waals surface area contributed by atoms with Crippen molar-refractivity contribution < 1.29 is 19.1 Å². The summed E-state index contributed by atoms with van der Waals surface area (Å²) in [6, 6.07) is 9.66. The quantitative estimate of drug-likeness (QED) is 0.607. The molecule has 1 amide bonds. The summed E-state index contributed by atoms with van der Waals surface area (Å²) >= 11 is 0. The van der Waals surface area contributed by atoms with Crippen LogP contribution in [0.2, 0.25) is 0 Å². The van der Waals surface area contributed by atoms with Crippen molar-refractivity contribution in [2.75, 3.05) is 13.1 Å². The van der Waals surface area contributed by atoms with Crippen LogP contribution in [0.4, 0.5) is 4.79 Å². The molecule has 5 heteroatoms. The number of nitrogens with zero attached hydrogens (tertiary/aromatic N) is 1. The predicted octanol–water partition coefficient (Wildman–Crippen LogP) is 3.93. The number of amides is 1. The lowest BCUT2D eigenvalue weighted by Crippen LogP contribution is -2.35. The van der Waals surface area contributed by atoms with E-state index in [0.29, 0.717) is 31.5 Å². The first-order valence-corrected chi connectivity index (χ1v) is 9.18. The molecular formula is C21H27NO4. The Hall–Kier alpha value is -2.30. The normalized spacial score (nSPS) is 22.1. The van der Waals surface area contributed by atoms with Gasteiger partial charge in [-0.05, 0) is 51.0 Å². The van der Waals surface area contributed by atoms with Gasteiger partial charge in [-0.2, -0.15) is 0 Å². The van der Waals surface area contributed by atoms with Crippen molar-refractivity contribution in [3.8, 4) is 0 Å². The highest BCUT2D eigenvalue weighted by atomic mass is 16.6. The van der Waals surface area contributed by atoms with Crippen LogP contribution < -0.4 is 0 Å². The summed E-state index contributed by atoms with van der Waals surface area (Å²) in [7, 11) is 0. The van der Waals surface area contributed by atoms with Crippen LogP contribution in [0, 0.1) is 11.8 Å². The van der Waals surface area contributed by atoms with Crippen LogP contribution in [0.5, 0.6) is 0 Å². The maximum absolute atomic E-state index is 12.2. The van der Waals surface area contributed by atoms with Crippen LogP contribution in [0.15, 0.2) is 42.0 Å². The molecule has 1 aliphatic carbocycles. The van der Waals surface area contributed by atoms with E-state index >= 15 is 0 Å². The monoisotopic (exact) mass is 357 g/mol. The summed E-state index contributed by atoms with van der Waals surface area (Å²) < 4.78 is 10.8. The number of benzene rings is 1. The Labute approximate surface area is 155 Å². The largest absolute Gasteiger partial charge is 0.458 e. The Morgan fingerprint density at radius 2 is 1.73 bits per heavy atom. The lowest BCUT2D eigenvalue weighted by atomic mass is 10.0. The molecule has 2 unspecified atom stereocenters. The second-order valence-electron chi connectivity index (χ2n) is 8.21. The smallest absolute Gasteiger partial charge is 0.410 e. The van der Waals surface area contributed by atoms with Crippen molar-refractivity contribution in [3.05, 3.63) is 47.5 Å². The molecule has 140 valence electrons. The molecular weight excluding hydrogens is 330 g/mol. The molecule has 1 heterocycles. The van der Waals surface area contributed by atoms with E-state index in [4.69, 9.17) is 9.47 Å². The van der Waals surface area contributed by atoms with E-state index < -0.39 is 5.60 Å². The lowest BCUT2D eigenvalue weighted by molar-refractivity contribution is -0.139. The number of fused-ring (bicyclic) bond motifs is 1. The summed E-state index contributed by atoms with van der Waals surface area (Å²) in [6.45, 7) is 7.34. The van der Waals surface area contributed by atoms with Crippen molar-refractivity contribution >= 4 is 12.1 Å². The number of esters is 1. The predicted molar refractivity (Wildman–Crippen MR) is 98.3 cm³/mol. The summed E-state index contributed by atoms with van der Waals surface area (Å²) in [5.74, 6) is 0.541. The fraction of sp³-hybridized carbons (Fsp3) is 0.524. The van der Waals surface area contributed by atoms with Gasteiger partial charge in [0.1, 0.15) is 12.2 Å². The second kappa shape index (κ2) is 7.52. The Morgan fingerprint density at radius 3 is 2.31 bits per heavy atom. The minimum atomic E-state index is -0.470. The number of rotatable bonds is 3. The van der Waals surface area contributed by atoms with E-state index in [9.17, 15) is 9.59 Å². The van der Waals surface area contributed by atoms with Crippen LogP contribution in [-0.2, 0) is 20.9 Å². The number of hydrogen-bond donors (Lipinski definition) is 0. The van der Waals surface area contributed by atoms with Crippen molar-refractivity contribution in [2.45, 2.75) is 45.8 Å². The topological polar surface area (TPSA) is 55.8 Å². The molecule has 1 aliphatic heterocycles. The molecule has 0 spiro atoms. The maximum Gasteiger partial charge on any atom is 0.410 e. The molecule has 2 atom stereocenters. The Morgan fingerprint density at radius 1 is 1.12 bits per heavy atom. The third-order valence-corrected chi connectivity index (χ3v) is 4.82. The van der Waals surface area contributed by atoms with Crippen LogP contribution in [0.25, 0.3) is 0 Å². The number of hydrogen-bond acceptors (Lipinski definition) is 4. The van der Waals surface area contributed by atoms with Gasteiger partial charge in [-0.3, -0.25) is 0 Å². The average Bonchev–Trinajstić information content (AvgIpc) is 3.11. The number of ether oxygens (including phenoxy) is 2. The molecule has 5 nitrogen and oxygen atoms in total. The molecule has 1 aromatic rings. The van der Waals surface area contributed by atoms with Crippen LogP contribution in [-0.4, -0.2) is 35.7 Å². The van der Waals surface area contributed by atoms with E-state index in [-0.39, 0.29) is 12.1 Å². The Kier molecular flexibility index (Phi) is 5.35. The number of carbonyl (C=O) groups is 2. The molecule has 1 saturated heterocycles. The highest BCUT2D eigenvalue weighted by Crippen LogP contribution is 2.41. The van der Waals surface area contributed by atoms with Crippen molar-refractivity contribution in [2.24, 2.45) is 11.8 Å². The SMILES string of the molecule is CC(C)(C)OC(=O)N1CC2CC(=CC(=O)OCc3ccccc3)CC2C1. The fourth-order valence-corrected chi connectivity index (χ4v) is 3.69. The van der Waals surface area contributed by atoms with Crippen LogP contribution in [0.3, 0.4) is 0 Å². The van der Waals surface area contributed by atoms with E-state index in [1.54, 1.807) is 11.0 Å². The number of likely N-dealkylation sites (tertiary alicyclic amines) is 1. The Balaban J connectivity index is 1.47. The third-order valence-electron chi connectivity index (χ3n) is 4.82. The van der Waals surface area contributed by atoms with Crippen molar-refractivity contribution in [1.82, 2.24) is 4.90 Å². The zero-order valence-corrected chi connectivity index (χ0v) is 15.7. The van der Waals surface area contributed by atoms with Gasteiger partial charge in [0.25, 0.3) is 0 Å². The minimum Gasteiger partial charge on any atom is -0.458 e. The lowest BCUT2D eigenvalue weighted by Gasteiger charge is -2.25. The fourth-order valence-electron chi connectivity index (χ4n) is 3.69. The second-order valence-corrected chi connectivity index (χ2v) is 8.21. The van der Waals surface area contributed by atoms with E-state index in [1.165, 1.54) is 0 Å². The molecule has 1 aromatic carbocycles. The standard InChI is InChI=1S/C21H27NO4/c1-21(2,3)26-20(24)22-12-17-9-16(10-18(17)13-22)11-19(23)25-14-15-7-5-4-6-8-15/h4-8,11,17-18H,9-10,12-14H2,1-3H3. The molecule has 0 bridgehead atoms. The maximum atomic E-state index is 12.2. The highest BCUT2D eigenvalue weighted by Gasteiger charge is 2.41. The molecule has 2 fully saturated rings. The molecule has 3 rings (SSSR count). The number of carbonyl (C=O) groups excluding carboxylic acids is 2. The highest BCUT2D eigenvalue weighted by molar-refractivity contribution is 5.83. The van der Waals surface area contributed by atoms with Gasteiger partial charge in [0.05, 0.1) is 0 Å². The zero-order chi connectivity index (χ0) is 18.7. The van der Waals surface area contributed by atoms with Gasteiger partial charge < -0.3 is 14.4 Å². The van der Waals surface area contributed by atoms with Gasteiger partial charge in [-0.25, -0.2) is 9.59 Å². The van der Waals surface area contributed by atoms with E-state index in [2.05, 4.69) is 0 Å². The first-order valence-electron chi connectivity index (χ1n) is 9.18. The van der Waals surface area contributed by atoms with E-state index in [1.807, 2.05) is 51.1 Å². The molecule has 1 saturated carbocycles. The van der Waals surface area contributed by atoms with Gasteiger partial charge in [0, 0.05) is 19.2 Å². The minimum absolute atomic E-state index is 0.236. The van der Waals surface area contributed by atoms with Gasteiger partial charge in [-0.15, -0.1) is 0 Å². The summed E-state index contributed by atoms with van der Waals surface area (Å²) in [5.41, 5.74) is 1.64.